The van der Waals surface area contributed by atoms with Gasteiger partial charge < -0.3 is 15.0 Å². The molecule has 1 aliphatic rings. The van der Waals surface area contributed by atoms with Gasteiger partial charge in [0.2, 0.25) is 17.7 Å². The molecule has 0 saturated heterocycles. The predicted octanol–water partition coefficient (Wildman–Crippen LogP) is 3.78. The van der Waals surface area contributed by atoms with Crippen LogP contribution in [-0.4, -0.2) is 45.2 Å². The molecule has 0 saturated carbocycles. The first-order valence-corrected chi connectivity index (χ1v) is 14.5. The number of methoxy groups -OCH3 is 1. The van der Waals surface area contributed by atoms with Gasteiger partial charge in [-0.3, -0.25) is 14.4 Å². The highest BCUT2D eigenvalue weighted by molar-refractivity contribution is 7.90. The van der Waals surface area contributed by atoms with Crippen molar-refractivity contribution in [3.8, 4) is 5.75 Å². The number of anilines is 1. The van der Waals surface area contributed by atoms with Crippen LogP contribution >= 0.6 is 0 Å². The monoisotopic (exact) mass is 563 g/mol. The number of fused-ring (bicyclic) bond motifs is 1. The third kappa shape index (κ3) is 6.87. The van der Waals surface area contributed by atoms with E-state index in [0.29, 0.717) is 11.3 Å². The molecular formula is C30H33N3O6S. The number of likely N-dealkylation sites (N-methyl/N-ethyl adjacent to an activating group) is 1. The van der Waals surface area contributed by atoms with E-state index in [9.17, 15) is 22.8 Å². The third-order valence-electron chi connectivity index (χ3n) is 6.94. The van der Waals surface area contributed by atoms with Crippen LogP contribution in [-0.2, 0) is 43.7 Å². The van der Waals surface area contributed by atoms with Gasteiger partial charge in [0.05, 0.1) is 31.7 Å². The molecule has 0 aromatic heterocycles. The first kappa shape index (κ1) is 28.8. The van der Waals surface area contributed by atoms with Crippen LogP contribution in [0.1, 0.15) is 48.1 Å². The van der Waals surface area contributed by atoms with Gasteiger partial charge in [0, 0.05) is 14.0 Å². The van der Waals surface area contributed by atoms with E-state index in [0.717, 1.165) is 36.0 Å². The van der Waals surface area contributed by atoms with Gasteiger partial charge in [-0.15, -0.1) is 0 Å². The van der Waals surface area contributed by atoms with E-state index >= 15 is 0 Å². The second kappa shape index (κ2) is 12.3. The second-order valence-electron chi connectivity index (χ2n) is 9.86. The molecule has 0 spiro atoms. The maximum absolute atomic E-state index is 13.2. The summed E-state index contributed by atoms with van der Waals surface area (Å²) in [6, 6.07) is 18.8. The Morgan fingerprint density at radius 3 is 2.48 bits per heavy atom. The highest BCUT2D eigenvalue weighted by Crippen LogP contribution is 2.35. The smallest absolute Gasteiger partial charge is 0.266 e. The molecule has 0 radical (unpaired) electrons. The zero-order valence-corrected chi connectivity index (χ0v) is 23.6. The summed E-state index contributed by atoms with van der Waals surface area (Å²) >= 11 is 0. The van der Waals surface area contributed by atoms with Crippen molar-refractivity contribution in [3.63, 3.8) is 0 Å². The number of para-hydroxylation sites is 1. The number of nitrogens with one attached hydrogen (secondary N) is 2. The molecule has 4 rings (SSSR count). The minimum Gasteiger partial charge on any atom is -0.497 e. The average Bonchev–Trinajstić information content (AvgIpc) is 2.92. The SMILES string of the molecule is COc1cccc(CC(=O)N(C)C2CCCc3ccc(CC(=O)NS(=O)(=O)c4ccccc4NC(C)=O)cc32)c1. The maximum Gasteiger partial charge on any atom is 0.266 e. The van der Waals surface area contributed by atoms with E-state index in [2.05, 4.69) is 10.0 Å². The first-order valence-electron chi connectivity index (χ1n) is 13.0. The fourth-order valence-corrected chi connectivity index (χ4v) is 6.16. The molecule has 3 aromatic rings. The van der Waals surface area contributed by atoms with Crippen molar-refractivity contribution >= 4 is 33.4 Å². The largest absolute Gasteiger partial charge is 0.497 e. The van der Waals surface area contributed by atoms with Crippen molar-refractivity contribution in [2.24, 2.45) is 0 Å². The lowest BCUT2D eigenvalue weighted by atomic mass is 9.85. The Morgan fingerprint density at radius 1 is 0.975 bits per heavy atom. The Hall–Kier alpha value is -4.18. The average molecular weight is 564 g/mol. The number of hydrogen-bond donors (Lipinski definition) is 2. The summed E-state index contributed by atoms with van der Waals surface area (Å²) < 4.78 is 33.3. The van der Waals surface area contributed by atoms with Crippen molar-refractivity contribution in [2.45, 2.75) is 50.0 Å². The van der Waals surface area contributed by atoms with Gasteiger partial charge in [0.15, 0.2) is 0 Å². The van der Waals surface area contributed by atoms with Crippen LogP contribution < -0.4 is 14.8 Å². The molecule has 0 fully saturated rings. The van der Waals surface area contributed by atoms with Gasteiger partial charge in [0.1, 0.15) is 10.6 Å². The normalized spacial score (nSPS) is 14.5. The van der Waals surface area contributed by atoms with Gasteiger partial charge >= 0.3 is 0 Å². The molecule has 2 N–H and O–H groups in total. The predicted molar refractivity (Wildman–Crippen MR) is 151 cm³/mol. The van der Waals surface area contributed by atoms with Crippen LogP contribution in [0, 0.1) is 0 Å². The van der Waals surface area contributed by atoms with Crippen LogP contribution in [0.25, 0.3) is 0 Å². The topological polar surface area (TPSA) is 122 Å². The number of benzene rings is 3. The standard InChI is InChI=1S/C30H33N3O6S/c1-20(34)31-26-11-4-5-13-28(26)40(37,38)32-29(35)18-22-14-15-23-9-7-12-27(25(23)17-22)33(2)30(36)19-21-8-6-10-24(16-21)39-3/h4-6,8,10-11,13-17,27H,7,9,12,18-19H2,1-3H3,(H,31,34)(H,32,35). The summed E-state index contributed by atoms with van der Waals surface area (Å²) in [6.45, 7) is 1.27. The van der Waals surface area contributed by atoms with E-state index in [4.69, 9.17) is 4.74 Å². The van der Waals surface area contributed by atoms with Crippen molar-refractivity contribution in [3.05, 3.63) is 89.0 Å². The van der Waals surface area contributed by atoms with E-state index in [1.165, 1.54) is 25.1 Å². The third-order valence-corrected chi connectivity index (χ3v) is 8.37. The maximum atomic E-state index is 13.2. The number of aryl methyl sites for hydroxylation is 1. The number of ether oxygens (including phenoxy) is 1. The van der Waals surface area contributed by atoms with E-state index < -0.39 is 21.8 Å². The minimum absolute atomic E-state index is 0.0295. The van der Waals surface area contributed by atoms with Crippen molar-refractivity contribution < 1.29 is 27.5 Å². The molecule has 9 nitrogen and oxygen atoms in total. The van der Waals surface area contributed by atoms with Crippen LogP contribution in [0.4, 0.5) is 5.69 Å². The fraction of sp³-hybridized carbons (Fsp3) is 0.300. The van der Waals surface area contributed by atoms with E-state index in [1.54, 1.807) is 25.1 Å². The molecule has 1 unspecified atom stereocenters. The number of sulfonamides is 1. The van der Waals surface area contributed by atoms with E-state index in [-0.39, 0.29) is 35.4 Å². The summed E-state index contributed by atoms with van der Waals surface area (Å²) in [5.41, 5.74) is 3.67. The van der Waals surface area contributed by atoms with Crippen LogP contribution in [0.2, 0.25) is 0 Å². The summed E-state index contributed by atoms with van der Waals surface area (Å²) in [5, 5.41) is 2.47. The molecular weight excluding hydrogens is 530 g/mol. The first-order chi connectivity index (χ1) is 19.1. The summed E-state index contributed by atoms with van der Waals surface area (Å²) in [7, 11) is -0.840. The summed E-state index contributed by atoms with van der Waals surface area (Å²) in [5.74, 6) is -0.463. The highest BCUT2D eigenvalue weighted by atomic mass is 32.2. The van der Waals surface area contributed by atoms with Gasteiger partial charge in [-0.25, -0.2) is 13.1 Å². The Kier molecular flexibility index (Phi) is 8.89. The molecule has 0 heterocycles. The molecule has 0 bridgehead atoms. The lowest BCUT2D eigenvalue weighted by Gasteiger charge is -2.34. The number of carbonyl (C=O) groups is 3. The number of nitrogens with zero attached hydrogens (tertiary/aromatic N) is 1. The Morgan fingerprint density at radius 2 is 1.73 bits per heavy atom. The fourth-order valence-electron chi connectivity index (χ4n) is 5.01. The molecule has 1 aliphatic carbocycles. The number of hydrogen-bond acceptors (Lipinski definition) is 6. The number of carbonyl (C=O) groups excluding carboxylic acids is 3. The van der Waals surface area contributed by atoms with Gasteiger partial charge in [0.25, 0.3) is 10.0 Å². The highest BCUT2D eigenvalue weighted by Gasteiger charge is 2.28. The summed E-state index contributed by atoms with van der Waals surface area (Å²) in [6.07, 6.45) is 2.66. The lowest BCUT2D eigenvalue weighted by molar-refractivity contribution is -0.131. The van der Waals surface area contributed by atoms with Crippen molar-refractivity contribution in [1.29, 1.82) is 0 Å². The van der Waals surface area contributed by atoms with Crippen LogP contribution in [0.3, 0.4) is 0 Å². The van der Waals surface area contributed by atoms with Crippen molar-refractivity contribution in [2.75, 3.05) is 19.5 Å². The molecule has 1 atom stereocenters. The quantitative estimate of drug-likeness (QED) is 0.409. The summed E-state index contributed by atoms with van der Waals surface area (Å²) in [4.78, 5) is 39.1. The van der Waals surface area contributed by atoms with E-state index in [1.807, 2.05) is 42.5 Å². The van der Waals surface area contributed by atoms with Gasteiger partial charge in [-0.05, 0) is 65.8 Å². The van der Waals surface area contributed by atoms with Crippen molar-refractivity contribution in [1.82, 2.24) is 9.62 Å². The van der Waals surface area contributed by atoms with Gasteiger partial charge in [-0.1, -0.05) is 42.5 Å². The Balaban J connectivity index is 1.49. The zero-order valence-electron chi connectivity index (χ0n) is 22.8. The molecule has 40 heavy (non-hydrogen) atoms. The van der Waals surface area contributed by atoms with Crippen LogP contribution in [0.15, 0.2) is 71.6 Å². The second-order valence-corrected chi connectivity index (χ2v) is 11.5. The number of amides is 3. The van der Waals surface area contributed by atoms with Gasteiger partial charge in [-0.2, -0.15) is 0 Å². The Bertz CT molecular complexity index is 1540. The lowest BCUT2D eigenvalue weighted by Crippen LogP contribution is -2.35. The molecule has 3 amide bonds. The molecule has 3 aromatic carbocycles. The molecule has 210 valence electrons. The molecule has 0 aliphatic heterocycles. The molecule has 10 heteroatoms. The minimum atomic E-state index is -4.22. The Labute approximate surface area is 234 Å². The van der Waals surface area contributed by atoms with Crippen LogP contribution in [0.5, 0.6) is 5.75 Å². The number of rotatable bonds is 9. The zero-order chi connectivity index (χ0) is 28.9.